The molecule has 35 heavy (non-hydrogen) atoms. The molecule has 1 aromatic carbocycles. The maximum atomic E-state index is 13.6. The SMILES string of the molecule is O=C(O)c1ccn(C(=O)N2CCN(Cc3ccc(C(F)(F)F)cc3N3CCC(F)(F)CC3)CC2)n1. The van der Waals surface area contributed by atoms with Gasteiger partial charge in [0.25, 0.3) is 5.92 Å². The molecule has 0 aliphatic carbocycles. The summed E-state index contributed by atoms with van der Waals surface area (Å²) in [6.45, 7) is 1.71. The molecule has 3 heterocycles. The van der Waals surface area contributed by atoms with Crippen LogP contribution in [0.15, 0.2) is 30.5 Å². The molecule has 0 spiro atoms. The Balaban J connectivity index is 1.44. The Morgan fingerprint density at radius 1 is 1.00 bits per heavy atom. The van der Waals surface area contributed by atoms with Crippen molar-refractivity contribution in [3.8, 4) is 0 Å². The zero-order valence-corrected chi connectivity index (χ0v) is 18.6. The predicted molar refractivity (Wildman–Crippen MR) is 115 cm³/mol. The van der Waals surface area contributed by atoms with E-state index in [0.717, 1.165) is 16.8 Å². The molecule has 13 heteroatoms. The normalized spacial score (nSPS) is 19.1. The summed E-state index contributed by atoms with van der Waals surface area (Å²) >= 11 is 0. The average Bonchev–Trinajstić information content (AvgIpc) is 3.30. The molecule has 2 saturated heterocycles. The average molecular weight is 501 g/mol. The van der Waals surface area contributed by atoms with E-state index >= 15 is 0 Å². The number of halogens is 5. The molecule has 0 unspecified atom stereocenters. The lowest BCUT2D eigenvalue weighted by atomic mass is 10.0. The van der Waals surface area contributed by atoms with Crippen molar-refractivity contribution in [1.82, 2.24) is 19.6 Å². The van der Waals surface area contributed by atoms with Gasteiger partial charge in [-0.05, 0) is 23.8 Å². The first-order valence-corrected chi connectivity index (χ1v) is 11.1. The van der Waals surface area contributed by atoms with Crippen LogP contribution in [0.25, 0.3) is 0 Å². The number of amides is 1. The van der Waals surface area contributed by atoms with Crippen LogP contribution in [0.4, 0.5) is 32.4 Å². The number of carboxylic acids is 1. The minimum Gasteiger partial charge on any atom is -0.476 e. The Morgan fingerprint density at radius 3 is 2.23 bits per heavy atom. The van der Waals surface area contributed by atoms with Gasteiger partial charge in [-0.3, -0.25) is 4.90 Å². The summed E-state index contributed by atoms with van der Waals surface area (Å²) in [5.74, 6) is -4.06. The number of anilines is 1. The highest BCUT2D eigenvalue weighted by molar-refractivity contribution is 5.86. The van der Waals surface area contributed by atoms with Crippen LogP contribution in [0, 0.1) is 0 Å². The maximum absolute atomic E-state index is 13.6. The molecule has 1 N–H and O–H groups in total. The number of piperidine rings is 1. The van der Waals surface area contributed by atoms with Crippen LogP contribution in [-0.2, 0) is 12.7 Å². The van der Waals surface area contributed by atoms with Crippen molar-refractivity contribution < 1.29 is 36.6 Å². The number of carbonyl (C=O) groups is 2. The summed E-state index contributed by atoms with van der Waals surface area (Å²) in [7, 11) is 0. The van der Waals surface area contributed by atoms with E-state index in [1.54, 1.807) is 4.90 Å². The second-order valence-electron chi connectivity index (χ2n) is 8.68. The lowest BCUT2D eigenvalue weighted by Gasteiger charge is -2.37. The molecule has 2 aromatic rings. The standard InChI is InChI=1S/C22H24F5N5O3/c23-21(24)4-7-30(8-5-21)18-13-16(22(25,26)27)2-1-15(18)14-29-9-11-31(12-10-29)20(35)32-6-3-17(28-32)19(33)34/h1-3,6,13H,4-5,7-12,14H2,(H,33,34). The number of benzene rings is 1. The van der Waals surface area contributed by atoms with Crippen LogP contribution < -0.4 is 4.90 Å². The molecule has 1 aromatic heterocycles. The number of nitrogens with zero attached hydrogens (tertiary/aromatic N) is 5. The van der Waals surface area contributed by atoms with E-state index in [4.69, 9.17) is 5.11 Å². The highest BCUT2D eigenvalue weighted by Crippen LogP contribution is 2.37. The smallest absolute Gasteiger partial charge is 0.416 e. The summed E-state index contributed by atoms with van der Waals surface area (Å²) in [6.07, 6.45) is -4.11. The molecule has 0 bridgehead atoms. The van der Waals surface area contributed by atoms with Gasteiger partial charge >= 0.3 is 18.2 Å². The summed E-state index contributed by atoms with van der Waals surface area (Å²) < 4.78 is 68.2. The molecule has 0 atom stereocenters. The van der Waals surface area contributed by atoms with E-state index < -0.39 is 42.5 Å². The topological polar surface area (TPSA) is 81.9 Å². The van der Waals surface area contributed by atoms with Crippen molar-refractivity contribution in [2.75, 3.05) is 44.2 Å². The first-order chi connectivity index (χ1) is 16.4. The zero-order valence-electron chi connectivity index (χ0n) is 18.6. The Morgan fingerprint density at radius 2 is 1.66 bits per heavy atom. The number of rotatable bonds is 4. The van der Waals surface area contributed by atoms with Gasteiger partial charge in [0.1, 0.15) is 0 Å². The van der Waals surface area contributed by atoms with Crippen molar-refractivity contribution in [1.29, 1.82) is 0 Å². The molecule has 0 saturated carbocycles. The molecule has 2 aliphatic rings. The third-order valence-electron chi connectivity index (χ3n) is 6.29. The zero-order chi connectivity index (χ0) is 25.4. The van der Waals surface area contributed by atoms with Gasteiger partial charge in [0.15, 0.2) is 5.69 Å². The minimum atomic E-state index is -4.55. The van der Waals surface area contributed by atoms with Crippen LogP contribution in [0.2, 0.25) is 0 Å². The largest absolute Gasteiger partial charge is 0.476 e. The van der Waals surface area contributed by atoms with E-state index in [-0.39, 0.29) is 18.8 Å². The highest BCUT2D eigenvalue weighted by atomic mass is 19.4. The maximum Gasteiger partial charge on any atom is 0.416 e. The van der Waals surface area contributed by atoms with E-state index in [2.05, 4.69) is 5.10 Å². The third-order valence-corrected chi connectivity index (χ3v) is 6.29. The molecule has 0 radical (unpaired) electrons. The van der Waals surface area contributed by atoms with Gasteiger partial charge in [0.2, 0.25) is 0 Å². The number of aromatic carboxylic acids is 1. The van der Waals surface area contributed by atoms with Crippen molar-refractivity contribution in [3.05, 3.63) is 47.3 Å². The van der Waals surface area contributed by atoms with Crippen molar-refractivity contribution in [3.63, 3.8) is 0 Å². The molecule has 190 valence electrons. The molecule has 2 aliphatic heterocycles. The Kier molecular flexibility index (Phi) is 6.71. The van der Waals surface area contributed by atoms with Crippen molar-refractivity contribution in [2.45, 2.75) is 31.5 Å². The quantitative estimate of drug-likeness (QED) is 0.645. The van der Waals surface area contributed by atoms with E-state index in [1.165, 1.54) is 23.2 Å². The van der Waals surface area contributed by atoms with Crippen LogP contribution in [0.3, 0.4) is 0 Å². The number of hydrogen-bond acceptors (Lipinski definition) is 5. The lowest BCUT2D eigenvalue weighted by molar-refractivity contribution is -0.137. The lowest BCUT2D eigenvalue weighted by Crippen LogP contribution is -2.49. The van der Waals surface area contributed by atoms with Crippen molar-refractivity contribution >= 4 is 17.7 Å². The van der Waals surface area contributed by atoms with E-state index in [9.17, 15) is 31.5 Å². The van der Waals surface area contributed by atoms with Crippen molar-refractivity contribution in [2.24, 2.45) is 0 Å². The summed E-state index contributed by atoms with van der Waals surface area (Å²) in [6, 6.07) is 4.16. The van der Waals surface area contributed by atoms with Gasteiger partial charge in [-0.2, -0.15) is 23.0 Å². The van der Waals surface area contributed by atoms with Gasteiger partial charge in [0.05, 0.1) is 5.56 Å². The van der Waals surface area contributed by atoms with E-state index in [1.807, 2.05) is 4.90 Å². The number of hydrogen-bond donors (Lipinski definition) is 1. The first kappa shape index (κ1) is 24.9. The van der Waals surface area contributed by atoms with E-state index in [0.29, 0.717) is 44.0 Å². The van der Waals surface area contributed by atoms with Crippen LogP contribution in [0.5, 0.6) is 0 Å². The molecule has 1 amide bonds. The summed E-state index contributed by atoms with van der Waals surface area (Å²) in [5, 5.41) is 12.7. The fourth-order valence-electron chi connectivity index (χ4n) is 4.27. The van der Waals surface area contributed by atoms with Gasteiger partial charge in [-0.15, -0.1) is 0 Å². The summed E-state index contributed by atoms with van der Waals surface area (Å²) in [4.78, 5) is 28.6. The molecular weight excluding hydrogens is 477 g/mol. The second-order valence-corrected chi connectivity index (χ2v) is 8.68. The Labute approximate surface area is 197 Å². The highest BCUT2D eigenvalue weighted by Gasteiger charge is 2.36. The van der Waals surface area contributed by atoms with Gasteiger partial charge < -0.3 is 14.9 Å². The van der Waals surface area contributed by atoms with Gasteiger partial charge in [-0.1, -0.05) is 6.07 Å². The fourth-order valence-corrected chi connectivity index (χ4v) is 4.27. The number of carbonyl (C=O) groups excluding carboxylic acids is 1. The van der Waals surface area contributed by atoms with Crippen LogP contribution in [0.1, 0.15) is 34.5 Å². The van der Waals surface area contributed by atoms with Gasteiger partial charge in [-0.25, -0.2) is 18.4 Å². The van der Waals surface area contributed by atoms with Crippen LogP contribution >= 0.6 is 0 Å². The molecular formula is C22H24F5N5O3. The Bertz CT molecular complexity index is 1090. The second kappa shape index (κ2) is 9.44. The first-order valence-electron chi connectivity index (χ1n) is 11.1. The minimum absolute atomic E-state index is 0.0359. The summed E-state index contributed by atoms with van der Waals surface area (Å²) in [5.41, 5.74) is -0.181. The Hall–Kier alpha value is -3.22. The third kappa shape index (κ3) is 5.72. The number of alkyl halides is 5. The monoisotopic (exact) mass is 501 g/mol. The molecule has 8 nitrogen and oxygen atoms in total. The number of carboxylic acid groups (broad SMARTS) is 1. The molecule has 2 fully saturated rings. The van der Waals surface area contributed by atoms with Crippen LogP contribution in [-0.4, -0.2) is 81.9 Å². The number of piperazine rings is 1. The number of aromatic nitrogens is 2. The molecule has 4 rings (SSSR count). The predicted octanol–water partition coefficient (Wildman–Crippen LogP) is 3.62. The fraction of sp³-hybridized carbons (Fsp3) is 0.500. The van der Waals surface area contributed by atoms with Gasteiger partial charge in [0, 0.05) is 70.5 Å².